The standard InChI is InChI=1S/C25H27N3O5/c1-27(2)11-12-28-22(17-13-15(32-3)9-10-20(17)33-4)21(24(30)25(28)31)23(29)18-14-26-19-8-6-5-7-16(18)19/h5-10,13-14,22,26,29H,11-12H2,1-4H3/t22-/m0/s1. The average molecular weight is 450 g/mol. The van der Waals surface area contributed by atoms with Crippen molar-refractivity contribution in [2.45, 2.75) is 6.04 Å². The van der Waals surface area contributed by atoms with Crippen LogP contribution < -0.4 is 9.47 Å². The molecule has 2 heterocycles. The summed E-state index contributed by atoms with van der Waals surface area (Å²) >= 11 is 0. The van der Waals surface area contributed by atoms with Gasteiger partial charge < -0.3 is 29.4 Å². The smallest absolute Gasteiger partial charge is 0.295 e. The molecule has 1 atom stereocenters. The maximum Gasteiger partial charge on any atom is 0.295 e. The van der Waals surface area contributed by atoms with Crippen molar-refractivity contribution in [3.63, 3.8) is 0 Å². The lowest BCUT2D eigenvalue weighted by atomic mass is 9.94. The minimum Gasteiger partial charge on any atom is -0.507 e. The number of Topliss-reactive ketones (excluding diaryl/α,β-unsaturated/α-hetero) is 1. The number of hydrogen-bond donors (Lipinski definition) is 2. The molecule has 0 unspecified atom stereocenters. The van der Waals surface area contributed by atoms with Crippen molar-refractivity contribution in [2.24, 2.45) is 0 Å². The first kappa shape index (κ1) is 22.4. The molecule has 1 aromatic heterocycles. The molecule has 2 aromatic carbocycles. The van der Waals surface area contributed by atoms with E-state index in [1.165, 1.54) is 12.0 Å². The minimum absolute atomic E-state index is 0.0232. The number of amides is 1. The van der Waals surface area contributed by atoms with Crippen LogP contribution in [0.2, 0.25) is 0 Å². The number of nitrogens with zero attached hydrogens (tertiary/aromatic N) is 2. The molecule has 1 aliphatic heterocycles. The monoisotopic (exact) mass is 449 g/mol. The number of hydrogen-bond acceptors (Lipinski definition) is 6. The summed E-state index contributed by atoms with van der Waals surface area (Å²) in [6, 6.07) is 11.8. The number of aliphatic hydroxyl groups is 1. The van der Waals surface area contributed by atoms with E-state index in [-0.39, 0.29) is 11.3 Å². The Morgan fingerprint density at radius 2 is 1.88 bits per heavy atom. The van der Waals surface area contributed by atoms with Crippen molar-refractivity contribution in [2.75, 3.05) is 41.4 Å². The molecule has 3 aromatic rings. The topological polar surface area (TPSA) is 95.1 Å². The number of ketones is 1. The molecule has 8 heteroatoms. The molecule has 1 fully saturated rings. The second-order valence-corrected chi connectivity index (χ2v) is 8.15. The fourth-order valence-corrected chi connectivity index (χ4v) is 4.21. The lowest BCUT2D eigenvalue weighted by Crippen LogP contribution is -2.35. The highest BCUT2D eigenvalue weighted by Gasteiger charge is 2.47. The number of H-pyrrole nitrogens is 1. The molecule has 0 radical (unpaired) electrons. The number of aromatic nitrogens is 1. The fourth-order valence-electron chi connectivity index (χ4n) is 4.21. The summed E-state index contributed by atoms with van der Waals surface area (Å²) < 4.78 is 11.0. The van der Waals surface area contributed by atoms with E-state index in [1.807, 2.05) is 43.3 Å². The fraction of sp³-hybridized carbons (Fsp3) is 0.280. The number of nitrogens with one attached hydrogen (secondary N) is 1. The lowest BCUT2D eigenvalue weighted by Gasteiger charge is -2.27. The predicted octanol–water partition coefficient (Wildman–Crippen LogP) is 3.17. The largest absolute Gasteiger partial charge is 0.507 e. The first-order valence-electron chi connectivity index (χ1n) is 10.6. The van der Waals surface area contributed by atoms with Crippen LogP contribution in [0.1, 0.15) is 17.2 Å². The van der Waals surface area contributed by atoms with Gasteiger partial charge in [0.05, 0.1) is 25.8 Å². The normalized spacial score (nSPS) is 17.8. The molecule has 0 spiro atoms. The van der Waals surface area contributed by atoms with Crippen LogP contribution in [0.5, 0.6) is 11.5 Å². The van der Waals surface area contributed by atoms with Crippen molar-refractivity contribution in [1.82, 2.24) is 14.8 Å². The van der Waals surface area contributed by atoms with Crippen molar-refractivity contribution >= 4 is 28.4 Å². The van der Waals surface area contributed by atoms with E-state index >= 15 is 0 Å². The van der Waals surface area contributed by atoms with Gasteiger partial charge in [-0.05, 0) is 38.4 Å². The molecule has 0 bridgehead atoms. The third-order valence-corrected chi connectivity index (χ3v) is 5.90. The summed E-state index contributed by atoms with van der Waals surface area (Å²) in [5, 5.41) is 12.1. The molecule has 1 saturated heterocycles. The van der Waals surface area contributed by atoms with Crippen molar-refractivity contribution in [3.8, 4) is 11.5 Å². The van der Waals surface area contributed by atoms with Crippen LogP contribution in [0.15, 0.2) is 54.2 Å². The zero-order valence-corrected chi connectivity index (χ0v) is 19.1. The maximum absolute atomic E-state index is 13.3. The van der Waals surface area contributed by atoms with Gasteiger partial charge in [-0.1, -0.05) is 18.2 Å². The van der Waals surface area contributed by atoms with E-state index in [1.54, 1.807) is 31.5 Å². The molecule has 0 saturated carbocycles. The zero-order valence-electron chi connectivity index (χ0n) is 19.1. The highest BCUT2D eigenvalue weighted by Crippen LogP contribution is 2.44. The van der Waals surface area contributed by atoms with E-state index in [2.05, 4.69) is 4.98 Å². The third kappa shape index (κ3) is 3.93. The molecular weight excluding hydrogens is 422 g/mol. The van der Waals surface area contributed by atoms with E-state index in [9.17, 15) is 14.7 Å². The molecular formula is C25H27N3O5. The first-order valence-corrected chi connectivity index (χ1v) is 10.6. The molecule has 172 valence electrons. The number of fused-ring (bicyclic) bond motifs is 1. The second kappa shape index (κ2) is 8.99. The number of aliphatic hydroxyl groups excluding tert-OH is 1. The Bertz CT molecular complexity index is 1240. The average Bonchev–Trinajstić information content (AvgIpc) is 3.36. The van der Waals surface area contributed by atoms with Gasteiger partial charge in [0, 0.05) is 41.3 Å². The molecule has 33 heavy (non-hydrogen) atoms. The Labute approximate surface area is 192 Å². The van der Waals surface area contributed by atoms with E-state index in [0.717, 1.165) is 10.9 Å². The van der Waals surface area contributed by atoms with Crippen LogP contribution in [0.3, 0.4) is 0 Å². The van der Waals surface area contributed by atoms with Crippen molar-refractivity contribution in [3.05, 3.63) is 65.4 Å². The zero-order chi connectivity index (χ0) is 23.7. The van der Waals surface area contributed by atoms with Gasteiger partial charge in [0.25, 0.3) is 11.7 Å². The second-order valence-electron chi connectivity index (χ2n) is 8.15. The first-order chi connectivity index (χ1) is 15.9. The van der Waals surface area contributed by atoms with Crippen molar-refractivity contribution < 1.29 is 24.2 Å². The number of benzene rings is 2. The summed E-state index contributed by atoms with van der Waals surface area (Å²) in [5.41, 5.74) is 1.87. The number of likely N-dealkylation sites (tertiary alicyclic amines) is 1. The van der Waals surface area contributed by atoms with Gasteiger partial charge in [0.1, 0.15) is 17.3 Å². The summed E-state index contributed by atoms with van der Waals surface area (Å²) in [4.78, 5) is 32.9. The van der Waals surface area contributed by atoms with Gasteiger partial charge in [-0.3, -0.25) is 9.59 Å². The number of likely N-dealkylation sites (N-methyl/N-ethyl adjacent to an activating group) is 1. The Kier molecular flexibility index (Phi) is 6.11. The summed E-state index contributed by atoms with van der Waals surface area (Å²) in [5.74, 6) is -0.578. The molecule has 8 nitrogen and oxygen atoms in total. The van der Waals surface area contributed by atoms with Crippen LogP contribution in [-0.4, -0.2) is 73.0 Å². The predicted molar refractivity (Wildman–Crippen MR) is 125 cm³/mol. The molecule has 0 aliphatic carbocycles. The van der Waals surface area contributed by atoms with Crippen LogP contribution in [0.25, 0.3) is 16.7 Å². The van der Waals surface area contributed by atoms with Crippen LogP contribution in [0, 0.1) is 0 Å². The number of carbonyl (C=O) groups is 2. The van der Waals surface area contributed by atoms with Gasteiger partial charge in [-0.2, -0.15) is 0 Å². The SMILES string of the molecule is COc1ccc(OC)c([C@H]2C(=C(O)c3c[nH]c4ccccc34)C(=O)C(=O)N2CCN(C)C)c1. The van der Waals surface area contributed by atoms with E-state index in [4.69, 9.17) is 9.47 Å². The van der Waals surface area contributed by atoms with Gasteiger partial charge >= 0.3 is 0 Å². The molecule has 2 N–H and O–H groups in total. The lowest BCUT2D eigenvalue weighted by molar-refractivity contribution is -0.140. The molecule has 1 aliphatic rings. The van der Waals surface area contributed by atoms with E-state index in [0.29, 0.717) is 35.7 Å². The van der Waals surface area contributed by atoms with Crippen LogP contribution >= 0.6 is 0 Å². The van der Waals surface area contributed by atoms with Gasteiger partial charge in [0.15, 0.2) is 0 Å². The Balaban J connectivity index is 1.95. The van der Waals surface area contributed by atoms with Crippen LogP contribution in [-0.2, 0) is 9.59 Å². The number of carbonyl (C=O) groups excluding carboxylic acids is 2. The molecule has 1 amide bonds. The third-order valence-electron chi connectivity index (χ3n) is 5.90. The Morgan fingerprint density at radius 3 is 2.58 bits per heavy atom. The van der Waals surface area contributed by atoms with Gasteiger partial charge in [-0.15, -0.1) is 0 Å². The Morgan fingerprint density at radius 1 is 1.12 bits per heavy atom. The van der Waals surface area contributed by atoms with Crippen LogP contribution in [0.4, 0.5) is 0 Å². The number of rotatable bonds is 7. The number of aromatic amines is 1. The van der Waals surface area contributed by atoms with E-state index < -0.39 is 17.7 Å². The maximum atomic E-state index is 13.3. The summed E-state index contributed by atoms with van der Waals surface area (Å²) in [6.07, 6.45) is 1.65. The highest BCUT2D eigenvalue weighted by molar-refractivity contribution is 6.46. The van der Waals surface area contributed by atoms with Gasteiger partial charge in [-0.25, -0.2) is 0 Å². The highest BCUT2D eigenvalue weighted by atomic mass is 16.5. The Hall–Kier alpha value is -3.78. The summed E-state index contributed by atoms with van der Waals surface area (Å²) in [7, 11) is 6.85. The number of methoxy groups -OCH3 is 2. The summed E-state index contributed by atoms with van der Waals surface area (Å²) in [6.45, 7) is 0.843. The number of ether oxygens (including phenoxy) is 2. The van der Waals surface area contributed by atoms with Crippen molar-refractivity contribution in [1.29, 1.82) is 0 Å². The molecule has 4 rings (SSSR count). The quantitative estimate of drug-likeness (QED) is 0.327. The number of para-hydroxylation sites is 1. The minimum atomic E-state index is -0.830. The van der Waals surface area contributed by atoms with Gasteiger partial charge in [0.2, 0.25) is 0 Å².